The van der Waals surface area contributed by atoms with Gasteiger partial charge in [0.05, 0.1) is 0 Å². The minimum atomic E-state index is -0.995. The van der Waals surface area contributed by atoms with Crippen molar-refractivity contribution in [2.24, 2.45) is 0 Å². The molecule has 0 N–H and O–H groups in total. The average molecular weight is 260 g/mol. The molecule has 0 aliphatic heterocycles. The van der Waals surface area contributed by atoms with Crippen LogP contribution in [-0.2, 0) is 6.42 Å². The molecular formula is C16H14F2O. The van der Waals surface area contributed by atoms with Gasteiger partial charge in [-0.3, -0.25) is 4.79 Å². The standard InChI is InChI=1S/C16H14F2O/c1-10-3-4-12(7-11(10)2)8-16(19)13-5-6-14(17)15(18)9-13/h3-7,9H,8H2,1-2H3. The van der Waals surface area contributed by atoms with Gasteiger partial charge in [-0.25, -0.2) is 8.78 Å². The number of ketones is 1. The van der Waals surface area contributed by atoms with E-state index in [1.165, 1.54) is 6.07 Å². The van der Waals surface area contributed by atoms with Crippen LogP contribution in [-0.4, -0.2) is 5.78 Å². The Bertz CT molecular complexity index is 633. The van der Waals surface area contributed by atoms with Gasteiger partial charge in [-0.15, -0.1) is 0 Å². The van der Waals surface area contributed by atoms with E-state index < -0.39 is 11.6 Å². The van der Waals surface area contributed by atoms with Crippen LogP contribution < -0.4 is 0 Å². The maximum absolute atomic E-state index is 13.1. The molecule has 98 valence electrons. The molecule has 0 heterocycles. The Morgan fingerprint density at radius 3 is 2.32 bits per heavy atom. The molecule has 0 amide bonds. The second-order valence-electron chi connectivity index (χ2n) is 4.65. The first kappa shape index (κ1) is 13.4. The molecule has 0 saturated carbocycles. The van der Waals surface area contributed by atoms with Gasteiger partial charge in [-0.2, -0.15) is 0 Å². The Morgan fingerprint density at radius 2 is 1.68 bits per heavy atom. The first-order valence-corrected chi connectivity index (χ1v) is 6.02. The van der Waals surface area contributed by atoms with Crippen molar-refractivity contribution in [3.8, 4) is 0 Å². The summed E-state index contributed by atoms with van der Waals surface area (Å²) < 4.78 is 25.9. The molecule has 2 rings (SSSR count). The van der Waals surface area contributed by atoms with E-state index in [1.807, 2.05) is 32.0 Å². The Labute approximate surface area is 110 Å². The summed E-state index contributed by atoms with van der Waals surface area (Å²) in [5.74, 6) is -2.16. The first-order valence-electron chi connectivity index (χ1n) is 6.02. The maximum atomic E-state index is 13.1. The Balaban J connectivity index is 2.20. The zero-order valence-corrected chi connectivity index (χ0v) is 10.8. The zero-order chi connectivity index (χ0) is 14.0. The summed E-state index contributed by atoms with van der Waals surface area (Å²) >= 11 is 0. The Kier molecular flexibility index (Phi) is 3.74. The molecule has 0 fully saturated rings. The second-order valence-corrected chi connectivity index (χ2v) is 4.65. The van der Waals surface area contributed by atoms with Crippen LogP contribution in [0.1, 0.15) is 27.0 Å². The molecule has 2 aromatic carbocycles. The van der Waals surface area contributed by atoms with Crippen molar-refractivity contribution in [3.05, 3.63) is 70.3 Å². The van der Waals surface area contributed by atoms with Crippen LogP contribution in [0.5, 0.6) is 0 Å². The molecule has 0 aliphatic rings. The van der Waals surface area contributed by atoms with Crippen LogP contribution in [0.15, 0.2) is 36.4 Å². The Hall–Kier alpha value is -2.03. The van der Waals surface area contributed by atoms with Crippen molar-refractivity contribution in [1.29, 1.82) is 0 Å². The molecule has 0 spiro atoms. The lowest BCUT2D eigenvalue weighted by Crippen LogP contribution is -2.05. The molecule has 0 bridgehead atoms. The molecule has 0 saturated heterocycles. The van der Waals surface area contributed by atoms with Gasteiger partial charge in [0.15, 0.2) is 17.4 Å². The lowest BCUT2D eigenvalue weighted by Gasteiger charge is -2.05. The minimum absolute atomic E-state index is 0.187. The third kappa shape index (κ3) is 3.05. The number of halogens is 2. The third-order valence-electron chi connectivity index (χ3n) is 3.18. The van der Waals surface area contributed by atoms with Crippen LogP contribution in [0.4, 0.5) is 8.78 Å². The summed E-state index contributed by atoms with van der Waals surface area (Å²) in [5, 5.41) is 0. The fraction of sp³-hybridized carbons (Fsp3) is 0.188. The molecule has 0 unspecified atom stereocenters. The van der Waals surface area contributed by atoms with Gasteiger partial charge in [0.1, 0.15) is 0 Å². The van der Waals surface area contributed by atoms with Crippen LogP contribution in [0, 0.1) is 25.5 Å². The highest BCUT2D eigenvalue weighted by Gasteiger charge is 2.10. The predicted molar refractivity (Wildman–Crippen MR) is 70.3 cm³/mol. The summed E-state index contributed by atoms with van der Waals surface area (Å²) in [4.78, 5) is 12.0. The Morgan fingerprint density at radius 1 is 0.947 bits per heavy atom. The number of carbonyl (C=O) groups excluding carboxylic acids is 1. The zero-order valence-electron chi connectivity index (χ0n) is 10.8. The molecule has 3 heteroatoms. The van der Waals surface area contributed by atoms with E-state index >= 15 is 0 Å². The number of Topliss-reactive ketones (excluding diaryl/α,β-unsaturated/α-hetero) is 1. The van der Waals surface area contributed by atoms with Crippen molar-refractivity contribution in [2.45, 2.75) is 20.3 Å². The lowest BCUT2D eigenvalue weighted by atomic mass is 9.99. The van der Waals surface area contributed by atoms with Crippen molar-refractivity contribution in [3.63, 3.8) is 0 Å². The van der Waals surface area contributed by atoms with E-state index in [2.05, 4.69) is 0 Å². The van der Waals surface area contributed by atoms with Crippen LogP contribution in [0.2, 0.25) is 0 Å². The van der Waals surface area contributed by atoms with Crippen molar-refractivity contribution < 1.29 is 13.6 Å². The number of carbonyl (C=O) groups is 1. The van der Waals surface area contributed by atoms with Gasteiger partial charge in [-0.05, 0) is 48.7 Å². The second kappa shape index (κ2) is 5.31. The van der Waals surface area contributed by atoms with Crippen LogP contribution >= 0.6 is 0 Å². The summed E-state index contributed by atoms with van der Waals surface area (Å²) in [7, 11) is 0. The molecular weight excluding hydrogens is 246 g/mol. The molecule has 1 nitrogen and oxygen atoms in total. The molecule has 0 radical (unpaired) electrons. The van der Waals surface area contributed by atoms with Gasteiger partial charge in [0, 0.05) is 12.0 Å². The summed E-state index contributed by atoms with van der Waals surface area (Å²) in [6.45, 7) is 3.97. The number of hydrogen-bond acceptors (Lipinski definition) is 1. The molecule has 0 atom stereocenters. The number of hydrogen-bond donors (Lipinski definition) is 0. The van der Waals surface area contributed by atoms with E-state index in [0.29, 0.717) is 0 Å². The normalized spacial score (nSPS) is 10.5. The van der Waals surface area contributed by atoms with Crippen molar-refractivity contribution in [2.75, 3.05) is 0 Å². The first-order chi connectivity index (χ1) is 8.97. The SMILES string of the molecule is Cc1ccc(CC(=O)c2ccc(F)c(F)c2)cc1C. The summed E-state index contributed by atoms with van der Waals surface area (Å²) in [5.41, 5.74) is 3.33. The fourth-order valence-corrected chi connectivity index (χ4v) is 1.87. The maximum Gasteiger partial charge on any atom is 0.167 e. The van der Waals surface area contributed by atoms with E-state index in [-0.39, 0.29) is 17.8 Å². The predicted octanol–water partition coefficient (Wildman–Crippen LogP) is 4.01. The number of benzene rings is 2. The summed E-state index contributed by atoms with van der Waals surface area (Å²) in [6, 6.07) is 8.99. The van der Waals surface area contributed by atoms with E-state index in [0.717, 1.165) is 28.8 Å². The van der Waals surface area contributed by atoms with Crippen molar-refractivity contribution >= 4 is 5.78 Å². The van der Waals surface area contributed by atoms with Gasteiger partial charge in [-0.1, -0.05) is 18.2 Å². The molecule has 0 aliphatic carbocycles. The highest BCUT2D eigenvalue weighted by molar-refractivity contribution is 5.97. The molecule has 0 aromatic heterocycles. The highest BCUT2D eigenvalue weighted by Crippen LogP contribution is 2.14. The highest BCUT2D eigenvalue weighted by atomic mass is 19.2. The smallest absolute Gasteiger partial charge is 0.167 e. The topological polar surface area (TPSA) is 17.1 Å². The van der Waals surface area contributed by atoms with Gasteiger partial charge in [0.25, 0.3) is 0 Å². The van der Waals surface area contributed by atoms with Gasteiger partial charge < -0.3 is 0 Å². The minimum Gasteiger partial charge on any atom is -0.294 e. The summed E-state index contributed by atoms with van der Waals surface area (Å²) in [6.07, 6.45) is 0.187. The third-order valence-corrected chi connectivity index (χ3v) is 3.18. The molecule has 19 heavy (non-hydrogen) atoms. The van der Waals surface area contributed by atoms with Crippen LogP contribution in [0.3, 0.4) is 0 Å². The van der Waals surface area contributed by atoms with Gasteiger partial charge >= 0.3 is 0 Å². The number of aryl methyl sites for hydroxylation is 2. The van der Waals surface area contributed by atoms with Gasteiger partial charge in [0.2, 0.25) is 0 Å². The largest absolute Gasteiger partial charge is 0.294 e. The van der Waals surface area contributed by atoms with Crippen LogP contribution in [0.25, 0.3) is 0 Å². The van der Waals surface area contributed by atoms with E-state index in [1.54, 1.807) is 0 Å². The average Bonchev–Trinajstić information content (AvgIpc) is 2.37. The molecule has 2 aromatic rings. The number of rotatable bonds is 3. The quantitative estimate of drug-likeness (QED) is 0.762. The van der Waals surface area contributed by atoms with E-state index in [4.69, 9.17) is 0 Å². The lowest BCUT2D eigenvalue weighted by molar-refractivity contribution is 0.0992. The monoisotopic (exact) mass is 260 g/mol. The van der Waals surface area contributed by atoms with E-state index in [9.17, 15) is 13.6 Å². The fourth-order valence-electron chi connectivity index (χ4n) is 1.87. The van der Waals surface area contributed by atoms with Crippen molar-refractivity contribution in [1.82, 2.24) is 0 Å².